The van der Waals surface area contributed by atoms with Crippen molar-refractivity contribution in [2.24, 2.45) is 0 Å². The third-order valence-corrected chi connectivity index (χ3v) is 3.48. The lowest BCUT2D eigenvalue weighted by Crippen LogP contribution is -2.50. The predicted molar refractivity (Wildman–Crippen MR) is 75.5 cm³/mol. The molecule has 6 heteroatoms. The van der Waals surface area contributed by atoms with Crippen LogP contribution in [0.2, 0.25) is 0 Å². The Morgan fingerprint density at radius 3 is 2.30 bits per heavy atom. The Bertz CT molecular complexity index is 522. The summed E-state index contributed by atoms with van der Waals surface area (Å²) in [4.78, 5) is 27.2. The van der Waals surface area contributed by atoms with Gasteiger partial charge in [-0.25, -0.2) is 4.79 Å². The van der Waals surface area contributed by atoms with Crippen LogP contribution in [0.5, 0.6) is 0 Å². The number of carbonyl (C=O) groups is 2. The number of anilines is 1. The van der Waals surface area contributed by atoms with Crippen LogP contribution in [0, 0.1) is 6.92 Å². The van der Waals surface area contributed by atoms with Gasteiger partial charge in [0.1, 0.15) is 0 Å². The normalized spacial score (nSPS) is 15.1. The molecule has 1 aromatic carbocycles. The van der Waals surface area contributed by atoms with E-state index >= 15 is 0 Å². The zero-order chi connectivity index (χ0) is 14.7. The van der Waals surface area contributed by atoms with E-state index in [0.29, 0.717) is 37.4 Å². The van der Waals surface area contributed by atoms with Crippen molar-refractivity contribution < 1.29 is 14.3 Å². The molecule has 0 atom stereocenters. The van der Waals surface area contributed by atoms with Gasteiger partial charge < -0.3 is 20.3 Å². The monoisotopic (exact) mass is 277 g/mol. The second kappa shape index (κ2) is 5.81. The van der Waals surface area contributed by atoms with Crippen molar-refractivity contribution in [3.8, 4) is 0 Å². The van der Waals surface area contributed by atoms with Gasteiger partial charge in [-0.1, -0.05) is 0 Å². The fourth-order valence-corrected chi connectivity index (χ4v) is 2.32. The molecule has 1 fully saturated rings. The smallest absolute Gasteiger partial charge is 0.409 e. The Kier molecular flexibility index (Phi) is 4.12. The van der Waals surface area contributed by atoms with E-state index in [1.54, 1.807) is 28.0 Å². The molecule has 1 aromatic rings. The summed E-state index contributed by atoms with van der Waals surface area (Å²) in [6.45, 7) is 3.88. The number of nitrogens with two attached hydrogens (primary N) is 1. The first-order chi connectivity index (χ1) is 9.52. The SMILES string of the molecule is COC(=O)N1CCN(C(=O)c2ccc(N)cc2C)CC1. The Hall–Kier alpha value is -2.24. The number of nitrogen functional groups attached to an aromatic ring is 1. The lowest BCUT2D eigenvalue weighted by atomic mass is 10.1. The van der Waals surface area contributed by atoms with Crippen LogP contribution in [-0.4, -0.2) is 55.1 Å². The third kappa shape index (κ3) is 2.84. The Morgan fingerprint density at radius 1 is 1.15 bits per heavy atom. The zero-order valence-corrected chi connectivity index (χ0v) is 11.8. The highest BCUT2D eigenvalue weighted by atomic mass is 16.5. The summed E-state index contributed by atoms with van der Waals surface area (Å²) in [7, 11) is 1.36. The molecular formula is C14H19N3O3. The quantitative estimate of drug-likeness (QED) is 0.780. The lowest BCUT2D eigenvalue weighted by Gasteiger charge is -2.34. The largest absolute Gasteiger partial charge is 0.453 e. The minimum absolute atomic E-state index is 0.0213. The molecule has 1 aliphatic rings. The van der Waals surface area contributed by atoms with Gasteiger partial charge in [0.25, 0.3) is 5.91 Å². The molecule has 0 bridgehead atoms. The third-order valence-electron chi connectivity index (χ3n) is 3.48. The van der Waals surface area contributed by atoms with Crippen molar-refractivity contribution in [1.82, 2.24) is 9.80 Å². The standard InChI is InChI=1S/C14H19N3O3/c1-10-9-11(15)3-4-12(10)13(18)16-5-7-17(8-6-16)14(19)20-2/h3-4,9H,5-8,15H2,1-2H3. The van der Waals surface area contributed by atoms with Gasteiger partial charge in [0, 0.05) is 37.4 Å². The van der Waals surface area contributed by atoms with Crippen molar-refractivity contribution in [3.63, 3.8) is 0 Å². The fraction of sp³-hybridized carbons (Fsp3) is 0.429. The van der Waals surface area contributed by atoms with Gasteiger partial charge in [-0.15, -0.1) is 0 Å². The molecule has 2 rings (SSSR count). The topological polar surface area (TPSA) is 75.9 Å². The minimum atomic E-state index is -0.347. The second-order valence-electron chi connectivity index (χ2n) is 4.82. The number of hydrogen-bond donors (Lipinski definition) is 1. The molecule has 0 saturated carbocycles. The molecule has 1 aliphatic heterocycles. The van der Waals surface area contributed by atoms with Crippen LogP contribution in [0.4, 0.5) is 10.5 Å². The zero-order valence-electron chi connectivity index (χ0n) is 11.8. The summed E-state index contributed by atoms with van der Waals surface area (Å²) in [5.41, 5.74) is 7.86. The maximum atomic E-state index is 12.4. The van der Waals surface area contributed by atoms with Crippen molar-refractivity contribution in [1.29, 1.82) is 0 Å². The number of rotatable bonds is 1. The van der Waals surface area contributed by atoms with E-state index in [9.17, 15) is 9.59 Å². The number of ether oxygens (including phenoxy) is 1. The molecule has 0 unspecified atom stereocenters. The predicted octanol–water partition coefficient (Wildman–Crippen LogP) is 1.10. The van der Waals surface area contributed by atoms with E-state index in [-0.39, 0.29) is 12.0 Å². The summed E-state index contributed by atoms with van der Waals surface area (Å²) in [6.07, 6.45) is -0.347. The first-order valence-corrected chi connectivity index (χ1v) is 6.51. The number of amides is 2. The molecule has 6 nitrogen and oxygen atoms in total. The van der Waals surface area contributed by atoms with Crippen LogP contribution in [0.15, 0.2) is 18.2 Å². The van der Waals surface area contributed by atoms with E-state index in [1.165, 1.54) is 7.11 Å². The van der Waals surface area contributed by atoms with Gasteiger partial charge in [0.2, 0.25) is 0 Å². The average molecular weight is 277 g/mol. The fourth-order valence-electron chi connectivity index (χ4n) is 2.32. The van der Waals surface area contributed by atoms with E-state index < -0.39 is 0 Å². The molecule has 1 saturated heterocycles. The summed E-state index contributed by atoms with van der Waals surface area (Å²) in [5.74, 6) is -0.0213. The number of benzene rings is 1. The van der Waals surface area contributed by atoms with E-state index in [1.807, 2.05) is 6.92 Å². The summed E-state index contributed by atoms with van der Waals surface area (Å²) in [6, 6.07) is 5.27. The van der Waals surface area contributed by atoms with Crippen LogP contribution >= 0.6 is 0 Å². The highest BCUT2D eigenvalue weighted by molar-refractivity contribution is 5.96. The number of aryl methyl sites for hydroxylation is 1. The Balaban J connectivity index is 2.03. The molecule has 0 aliphatic carbocycles. The van der Waals surface area contributed by atoms with Gasteiger partial charge >= 0.3 is 6.09 Å². The highest BCUT2D eigenvalue weighted by Gasteiger charge is 2.25. The van der Waals surface area contributed by atoms with E-state index in [2.05, 4.69) is 4.74 Å². The molecular weight excluding hydrogens is 258 g/mol. The molecule has 1 heterocycles. The van der Waals surface area contributed by atoms with Crippen LogP contribution in [-0.2, 0) is 4.74 Å². The first-order valence-electron chi connectivity index (χ1n) is 6.51. The molecule has 2 N–H and O–H groups in total. The van der Waals surface area contributed by atoms with Gasteiger partial charge in [-0.3, -0.25) is 4.79 Å². The lowest BCUT2D eigenvalue weighted by molar-refractivity contribution is 0.0599. The molecule has 0 radical (unpaired) electrons. The van der Waals surface area contributed by atoms with Crippen LogP contribution in [0.25, 0.3) is 0 Å². The minimum Gasteiger partial charge on any atom is -0.453 e. The van der Waals surface area contributed by atoms with Crippen molar-refractivity contribution in [2.75, 3.05) is 39.0 Å². The second-order valence-corrected chi connectivity index (χ2v) is 4.82. The van der Waals surface area contributed by atoms with Crippen LogP contribution in [0.1, 0.15) is 15.9 Å². The number of hydrogen-bond acceptors (Lipinski definition) is 4. The highest BCUT2D eigenvalue weighted by Crippen LogP contribution is 2.16. The van der Waals surface area contributed by atoms with Gasteiger partial charge in [-0.2, -0.15) is 0 Å². The van der Waals surface area contributed by atoms with Crippen LogP contribution < -0.4 is 5.73 Å². The number of carbonyl (C=O) groups excluding carboxylic acids is 2. The maximum absolute atomic E-state index is 12.4. The van der Waals surface area contributed by atoms with Gasteiger partial charge in [0.15, 0.2) is 0 Å². The van der Waals surface area contributed by atoms with Crippen molar-refractivity contribution in [2.45, 2.75) is 6.92 Å². The molecule has 0 aromatic heterocycles. The van der Waals surface area contributed by atoms with Crippen molar-refractivity contribution in [3.05, 3.63) is 29.3 Å². The Labute approximate surface area is 118 Å². The summed E-state index contributed by atoms with van der Waals surface area (Å²) >= 11 is 0. The van der Waals surface area contributed by atoms with Crippen LogP contribution in [0.3, 0.4) is 0 Å². The maximum Gasteiger partial charge on any atom is 0.409 e. The number of piperazine rings is 1. The number of methoxy groups -OCH3 is 1. The van der Waals surface area contributed by atoms with E-state index in [0.717, 1.165) is 5.56 Å². The van der Waals surface area contributed by atoms with Gasteiger partial charge in [-0.05, 0) is 30.7 Å². The van der Waals surface area contributed by atoms with Crippen molar-refractivity contribution >= 4 is 17.7 Å². The van der Waals surface area contributed by atoms with E-state index in [4.69, 9.17) is 5.73 Å². The Morgan fingerprint density at radius 2 is 1.75 bits per heavy atom. The molecule has 2 amide bonds. The average Bonchev–Trinajstić information content (AvgIpc) is 2.46. The molecule has 0 spiro atoms. The summed E-state index contributed by atoms with van der Waals surface area (Å²) < 4.78 is 4.67. The first kappa shape index (κ1) is 14.2. The molecule has 108 valence electrons. The number of nitrogens with zero attached hydrogens (tertiary/aromatic N) is 2. The molecule has 20 heavy (non-hydrogen) atoms. The van der Waals surface area contributed by atoms with Gasteiger partial charge in [0.05, 0.1) is 7.11 Å². The summed E-state index contributed by atoms with van der Waals surface area (Å²) in [5, 5.41) is 0.